The van der Waals surface area contributed by atoms with Gasteiger partial charge in [0.2, 0.25) is 0 Å². The van der Waals surface area contributed by atoms with Crippen LogP contribution in [0.1, 0.15) is 12.5 Å². The molecule has 0 aliphatic carbocycles. The molecule has 1 aromatic carbocycles. The molecular formula is C13H11NO6S. The Kier molecular flexibility index (Phi) is 3.90. The van der Waals surface area contributed by atoms with Crippen molar-refractivity contribution in [2.24, 2.45) is 0 Å². The fraction of sp³-hybridized carbons (Fsp3) is 0.154. The van der Waals surface area contributed by atoms with Gasteiger partial charge in [-0.15, -0.1) is 0 Å². The van der Waals surface area contributed by atoms with Crippen LogP contribution in [-0.2, 0) is 9.59 Å². The number of phenols is 2. The second-order valence-electron chi connectivity index (χ2n) is 4.35. The molecule has 1 aliphatic heterocycles. The molecule has 3 N–H and O–H groups in total. The number of hydrogen-bond donors (Lipinski definition) is 3. The normalized spacial score (nSPS) is 17.3. The van der Waals surface area contributed by atoms with Crippen LogP contribution in [0.4, 0.5) is 4.79 Å². The molecule has 0 unspecified atom stereocenters. The minimum atomic E-state index is -1.29. The average molecular weight is 309 g/mol. The molecule has 0 radical (unpaired) electrons. The van der Waals surface area contributed by atoms with Gasteiger partial charge in [0.1, 0.15) is 18.0 Å². The van der Waals surface area contributed by atoms with Crippen LogP contribution in [0.2, 0.25) is 0 Å². The summed E-state index contributed by atoms with van der Waals surface area (Å²) < 4.78 is 0. The van der Waals surface area contributed by atoms with Gasteiger partial charge in [0, 0.05) is 6.07 Å². The van der Waals surface area contributed by atoms with E-state index in [9.17, 15) is 24.6 Å². The van der Waals surface area contributed by atoms with Gasteiger partial charge in [-0.3, -0.25) is 19.3 Å². The molecule has 0 bridgehead atoms. The van der Waals surface area contributed by atoms with Gasteiger partial charge in [-0.2, -0.15) is 0 Å². The first-order valence-corrected chi connectivity index (χ1v) is 6.61. The topological polar surface area (TPSA) is 115 Å². The van der Waals surface area contributed by atoms with Crippen molar-refractivity contribution in [3.05, 3.63) is 28.7 Å². The molecule has 21 heavy (non-hydrogen) atoms. The zero-order valence-electron chi connectivity index (χ0n) is 10.9. The number of rotatable bonds is 3. The number of imide groups is 1. The molecule has 7 nitrogen and oxygen atoms in total. The van der Waals surface area contributed by atoms with Crippen LogP contribution in [-0.4, -0.2) is 43.9 Å². The van der Waals surface area contributed by atoms with Crippen LogP contribution in [0, 0.1) is 0 Å². The summed E-state index contributed by atoms with van der Waals surface area (Å²) in [6.07, 6.45) is 0. The van der Waals surface area contributed by atoms with Gasteiger partial charge in [-0.05, 0) is 42.0 Å². The summed E-state index contributed by atoms with van der Waals surface area (Å²) in [5.41, 5.74) is 0.741. The Labute approximate surface area is 123 Å². The first-order chi connectivity index (χ1) is 9.79. The van der Waals surface area contributed by atoms with E-state index < -0.39 is 23.7 Å². The summed E-state index contributed by atoms with van der Waals surface area (Å²) in [6, 6.07) is 3.80. The quantitative estimate of drug-likeness (QED) is 0.726. The largest absolute Gasteiger partial charge is 0.508 e. The smallest absolute Gasteiger partial charge is 0.323 e. The lowest BCUT2D eigenvalue weighted by Crippen LogP contribution is -2.33. The number of carboxylic acids is 1. The van der Waals surface area contributed by atoms with E-state index in [1.807, 2.05) is 0 Å². The number of carbonyl (C=O) groups excluding carboxylic acids is 2. The minimum Gasteiger partial charge on any atom is -0.508 e. The van der Waals surface area contributed by atoms with Crippen molar-refractivity contribution in [1.29, 1.82) is 0 Å². The third-order valence-corrected chi connectivity index (χ3v) is 3.90. The van der Waals surface area contributed by atoms with Crippen LogP contribution >= 0.6 is 11.8 Å². The molecule has 1 fully saturated rings. The minimum absolute atomic E-state index is 0.0752. The van der Waals surface area contributed by atoms with Gasteiger partial charge in [-0.1, -0.05) is 0 Å². The number of allylic oxidation sites excluding steroid dienone is 1. The van der Waals surface area contributed by atoms with Gasteiger partial charge in [0.15, 0.2) is 0 Å². The van der Waals surface area contributed by atoms with E-state index in [2.05, 4.69) is 0 Å². The summed E-state index contributed by atoms with van der Waals surface area (Å²) in [5.74, 6) is -2.36. The molecular weight excluding hydrogens is 298 g/mol. The van der Waals surface area contributed by atoms with Crippen LogP contribution in [0.15, 0.2) is 23.1 Å². The van der Waals surface area contributed by atoms with Crippen LogP contribution in [0.5, 0.6) is 11.5 Å². The SMILES string of the molecule is C/C(=C1\SC(=O)N(CC(=O)O)C1=O)c1cc(O)cc(O)c1. The third kappa shape index (κ3) is 3.00. The average Bonchev–Trinajstić information content (AvgIpc) is 2.64. The Bertz CT molecular complexity index is 661. The van der Waals surface area contributed by atoms with E-state index in [1.54, 1.807) is 6.92 Å². The van der Waals surface area contributed by atoms with Crippen LogP contribution in [0.3, 0.4) is 0 Å². The highest BCUT2D eigenvalue weighted by atomic mass is 32.2. The number of carboxylic acid groups (broad SMARTS) is 1. The summed E-state index contributed by atoms with van der Waals surface area (Å²) in [5, 5.41) is 26.9. The van der Waals surface area contributed by atoms with E-state index in [0.717, 1.165) is 6.07 Å². The molecule has 110 valence electrons. The van der Waals surface area contributed by atoms with Gasteiger partial charge in [-0.25, -0.2) is 0 Å². The maximum Gasteiger partial charge on any atom is 0.323 e. The number of carbonyl (C=O) groups is 3. The Hall–Kier alpha value is -2.48. The van der Waals surface area contributed by atoms with Gasteiger partial charge < -0.3 is 15.3 Å². The number of aliphatic carboxylic acids is 1. The second kappa shape index (κ2) is 5.49. The molecule has 1 saturated heterocycles. The lowest BCUT2D eigenvalue weighted by atomic mass is 10.1. The molecule has 8 heteroatoms. The molecule has 0 aromatic heterocycles. The van der Waals surface area contributed by atoms with Crippen LogP contribution in [0.25, 0.3) is 5.57 Å². The Morgan fingerprint density at radius 2 is 1.76 bits per heavy atom. The summed E-state index contributed by atoms with van der Waals surface area (Å²) in [6.45, 7) is 0.846. The highest BCUT2D eigenvalue weighted by Gasteiger charge is 2.37. The predicted octanol–water partition coefficient (Wildman–Crippen LogP) is 1.61. The molecule has 1 aliphatic rings. The lowest BCUT2D eigenvalue weighted by Gasteiger charge is -2.09. The number of aromatic hydroxyl groups is 2. The number of thioether (sulfide) groups is 1. The van der Waals surface area contributed by atoms with Crippen molar-refractivity contribution in [3.63, 3.8) is 0 Å². The molecule has 1 aromatic rings. The third-order valence-electron chi connectivity index (χ3n) is 2.82. The van der Waals surface area contributed by atoms with Crippen molar-refractivity contribution in [1.82, 2.24) is 4.90 Å². The van der Waals surface area contributed by atoms with Crippen molar-refractivity contribution in [2.75, 3.05) is 6.54 Å². The predicted molar refractivity (Wildman–Crippen MR) is 74.7 cm³/mol. The van der Waals surface area contributed by atoms with E-state index in [-0.39, 0.29) is 16.4 Å². The number of nitrogens with zero attached hydrogens (tertiary/aromatic N) is 1. The van der Waals surface area contributed by atoms with Crippen molar-refractivity contribution >= 4 is 34.5 Å². The molecule has 0 atom stereocenters. The Balaban J connectivity index is 2.42. The molecule has 2 rings (SSSR count). The summed E-state index contributed by atoms with van der Waals surface area (Å²) in [7, 11) is 0. The highest BCUT2D eigenvalue weighted by molar-refractivity contribution is 8.18. The molecule has 2 amide bonds. The molecule has 0 spiro atoms. The van der Waals surface area contributed by atoms with E-state index >= 15 is 0 Å². The molecule has 1 heterocycles. The first kappa shape index (κ1) is 14.9. The standard InChI is InChI=1S/C13H11NO6S/c1-6(7-2-8(15)4-9(16)3-7)11-12(19)14(5-10(17)18)13(20)21-11/h2-4,15-16H,5H2,1H3,(H,17,18)/b11-6+. The van der Waals surface area contributed by atoms with Gasteiger partial charge in [0.25, 0.3) is 11.1 Å². The maximum absolute atomic E-state index is 12.1. The van der Waals surface area contributed by atoms with E-state index in [1.165, 1.54) is 12.1 Å². The molecule has 0 saturated carbocycles. The summed E-state index contributed by atoms with van der Waals surface area (Å²) in [4.78, 5) is 35.1. The Morgan fingerprint density at radius 3 is 2.29 bits per heavy atom. The van der Waals surface area contributed by atoms with Crippen molar-refractivity contribution in [3.8, 4) is 11.5 Å². The Morgan fingerprint density at radius 1 is 1.19 bits per heavy atom. The zero-order valence-corrected chi connectivity index (χ0v) is 11.7. The van der Waals surface area contributed by atoms with Crippen molar-refractivity contribution in [2.45, 2.75) is 6.92 Å². The van der Waals surface area contributed by atoms with E-state index in [0.29, 0.717) is 27.8 Å². The first-order valence-electron chi connectivity index (χ1n) is 5.79. The van der Waals surface area contributed by atoms with Gasteiger partial charge >= 0.3 is 5.97 Å². The number of phenolic OH excluding ortho intramolecular Hbond substituents is 2. The van der Waals surface area contributed by atoms with Crippen molar-refractivity contribution < 1.29 is 29.7 Å². The number of hydrogen-bond acceptors (Lipinski definition) is 6. The van der Waals surface area contributed by atoms with E-state index in [4.69, 9.17) is 5.11 Å². The number of amides is 2. The van der Waals surface area contributed by atoms with Gasteiger partial charge in [0.05, 0.1) is 4.91 Å². The maximum atomic E-state index is 12.1. The number of benzene rings is 1. The summed E-state index contributed by atoms with van der Waals surface area (Å²) >= 11 is 0.629. The lowest BCUT2D eigenvalue weighted by molar-refractivity contribution is -0.140. The fourth-order valence-electron chi connectivity index (χ4n) is 1.84. The highest BCUT2D eigenvalue weighted by Crippen LogP contribution is 2.37. The monoisotopic (exact) mass is 309 g/mol. The second-order valence-corrected chi connectivity index (χ2v) is 5.31. The van der Waals surface area contributed by atoms with Crippen LogP contribution < -0.4 is 0 Å². The zero-order chi connectivity index (χ0) is 15.7. The fourth-order valence-corrected chi connectivity index (χ4v) is 2.74.